The molecule has 3 aromatic carbocycles. The Bertz CT molecular complexity index is 1740. The minimum atomic E-state index is -0.828. The first-order chi connectivity index (χ1) is 18.4. The Kier molecular flexibility index (Phi) is 7.18. The molecule has 0 unspecified atom stereocenters. The van der Waals surface area contributed by atoms with E-state index < -0.39 is 12.0 Å². The zero-order valence-electron chi connectivity index (χ0n) is 20.6. The van der Waals surface area contributed by atoms with E-state index in [4.69, 9.17) is 26.1 Å². The van der Waals surface area contributed by atoms with Gasteiger partial charge in [-0.3, -0.25) is 9.36 Å². The van der Waals surface area contributed by atoms with Crippen molar-refractivity contribution in [3.05, 3.63) is 120 Å². The van der Waals surface area contributed by atoms with Gasteiger partial charge < -0.3 is 14.6 Å². The lowest BCUT2D eigenvalue weighted by atomic mass is 9.93. The number of aromatic hydroxyl groups is 1. The van der Waals surface area contributed by atoms with Crippen LogP contribution in [0.3, 0.4) is 0 Å². The molecule has 5 rings (SSSR count). The highest BCUT2D eigenvalue weighted by Gasteiger charge is 2.35. The molecule has 0 bridgehead atoms. The topological polar surface area (TPSA) is 90.1 Å². The molecule has 0 amide bonds. The molecule has 2 heterocycles. The van der Waals surface area contributed by atoms with Gasteiger partial charge in [-0.1, -0.05) is 65.4 Å². The Balaban J connectivity index is 1.85. The first-order valence-corrected chi connectivity index (χ1v) is 13.0. The minimum Gasteiger partial charge on any atom is -0.507 e. The summed E-state index contributed by atoms with van der Waals surface area (Å²) in [7, 11) is 1.56. The Hall–Kier alpha value is -4.14. The van der Waals surface area contributed by atoms with Crippen LogP contribution >= 0.6 is 22.9 Å². The van der Waals surface area contributed by atoms with Gasteiger partial charge in [-0.2, -0.15) is 0 Å². The van der Waals surface area contributed by atoms with Crippen LogP contribution in [0.25, 0.3) is 11.8 Å². The van der Waals surface area contributed by atoms with Crippen LogP contribution in [-0.2, 0) is 9.53 Å². The van der Waals surface area contributed by atoms with E-state index in [2.05, 4.69) is 0 Å². The summed E-state index contributed by atoms with van der Waals surface area (Å²) in [5.74, 6) is 0.00130. The van der Waals surface area contributed by atoms with Crippen molar-refractivity contribution in [1.82, 2.24) is 4.57 Å². The summed E-state index contributed by atoms with van der Waals surface area (Å²) < 4.78 is 12.7. The molecule has 9 heteroatoms. The van der Waals surface area contributed by atoms with Crippen molar-refractivity contribution in [2.75, 3.05) is 13.7 Å². The fourth-order valence-corrected chi connectivity index (χ4v) is 5.52. The van der Waals surface area contributed by atoms with Crippen molar-refractivity contribution in [2.45, 2.75) is 13.0 Å². The number of benzene rings is 3. The van der Waals surface area contributed by atoms with E-state index in [1.165, 1.54) is 10.6 Å². The van der Waals surface area contributed by atoms with Gasteiger partial charge in [0.25, 0.3) is 5.56 Å². The third kappa shape index (κ3) is 4.76. The number of esters is 1. The second kappa shape index (κ2) is 10.7. The zero-order valence-corrected chi connectivity index (χ0v) is 22.1. The van der Waals surface area contributed by atoms with Gasteiger partial charge in [-0.05, 0) is 48.9 Å². The molecule has 38 heavy (non-hydrogen) atoms. The molecule has 0 saturated heterocycles. The summed E-state index contributed by atoms with van der Waals surface area (Å²) in [6, 6.07) is 20.3. The van der Waals surface area contributed by atoms with Crippen molar-refractivity contribution >= 4 is 40.7 Å². The summed E-state index contributed by atoms with van der Waals surface area (Å²) in [4.78, 5) is 32.6. The Morgan fingerprint density at radius 3 is 2.66 bits per heavy atom. The normalized spacial score (nSPS) is 15.1. The number of thiazole rings is 1. The SMILES string of the molecule is CCOC(=O)C1=C(c2ccccc2)N=c2s/c(=C\c3cc(Cl)ccc3O)c(=O)n2[C@H]1c1cccc(OC)c1. The number of hydrogen-bond acceptors (Lipinski definition) is 7. The number of phenols is 1. The van der Waals surface area contributed by atoms with Crippen LogP contribution in [0.4, 0.5) is 0 Å². The molecule has 1 aliphatic heterocycles. The molecule has 7 nitrogen and oxygen atoms in total. The number of nitrogens with zero attached hydrogens (tertiary/aromatic N) is 2. The van der Waals surface area contributed by atoms with Crippen molar-refractivity contribution < 1.29 is 19.4 Å². The monoisotopic (exact) mass is 546 g/mol. The number of carbonyl (C=O) groups is 1. The molecule has 0 saturated carbocycles. The first kappa shape index (κ1) is 25.5. The van der Waals surface area contributed by atoms with E-state index in [0.717, 1.165) is 11.3 Å². The highest BCUT2D eigenvalue weighted by molar-refractivity contribution is 7.07. The second-order valence-corrected chi connectivity index (χ2v) is 9.86. The summed E-state index contributed by atoms with van der Waals surface area (Å²) in [5, 5.41) is 10.8. The van der Waals surface area contributed by atoms with E-state index in [1.807, 2.05) is 36.4 Å². The standard InChI is InChI=1S/C29H23ClN2O5S/c1-3-37-28(35)24-25(17-8-5-4-6-9-17)31-29-32(26(24)18-10-7-11-21(15-18)36-2)27(34)23(38-29)16-19-14-20(30)12-13-22(19)33/h4-16,26,33H,3H2,1-2H3/b23-16-/t26-/m0/s1. The van der Waals surface area contributed by atoms with Crippen LogP contribution < -0.4 is 19.6 Å². The Labute approximate surface area is 227 Å². The maximum Gasteiger partial charge on any atom is 0.338 e. The van der Waals surface area contributed by atoms with Crippen molar-refractivity contribution in [3.63, 3.8) is 0 Å². The van der Waals surface area contributed by atoms with Crippen molar-refractivity contribution in [2.24, 2.45) is 4.99 Å². The molecule has 192 valence electrons. The number of ether oxygens (including phenoxy) is 2. The molecular weight excluding hydrogens is 524 g/mol. The Morgan fingerprint density at radius 2 is 1.92 bits per heavy atom. The predicted molar refractivity (Wildman–Crippen MR) is 147 cm³/mol. The number of halogens is 1. The van der Waals surface area contributed by atoms with Crippen molar-refractivity contribution in [1.29, 1.82) is 0 Å². The van der Waals surface area contributed by atoms with Gasteiger partial charge in [0.15, 0.2) is 4.80 Å². The number of phenolic OH excluding ortho intramolecular Hbond substituents is 1. The lowest BCUT2D eigenvalue weighted by molar-refractivity contribution is -0.138. The highest BCUT2D eigenvalue weighted by Crippen LogP contribution is 2.36. The van der Waals surface area contributed by atoms with E-state index in [1.54, 1.807) is 50.4 Å². The molecule has 0 fully saturated rings. The van der Waals surface area contributed by atoms with Crippen LogP contribution in [0.5, 0.6) is 11.5 Å². The summed E-state index contributed by atoms with van der Waals surface area (Å²) in [6.45, 7) is 1.89. The molecule has 1 N–H and O–H groups in total. The number of hydrogen-bond donors (Lipinski definition) is 1. The van der Waals surface area contributed by atoms with Gasteiger partial charge in [-0.25, -0.2) is 9.79 Å². The smallest absolute Gasteiger partial charge is 0.338 e. The largest absolute Gasteiger partial charge is 0.507 e. The number of aromatic nitrogens is 1. The molecule has 4 aromatic rings. The minimum absolute atomic E-state index is 0.0123. The molecule has 1 aromatic heterocycles. The van der Waals surface area contributed by atoms with E-state index in [-0.39, 0.29) is 23.5 Å². The molecule has 0 aliphatic carbocycles. The van der Waals surface area contributed by atoms with E-state index in [9.17, 15) is 14.7 Å². The molecule has 0 spiro atoms. The summed E-state index contributed by atoms with van der Waals surface area (Å²) >= 11 is 7.29. The average molecular weight is 547 g/mol. The molecule has 1 atom stereocenters. The lowest BCUT2D eigenvalue weighted by Gasteiger charge is -2.26. The fourth-order valence-electron chi connectivity index (χ4n) is 4.35. The molecular formula is C29H23ClN2O5S. The lowest BCUT2D eigenvalue weighted by Crippen LogP contribution is -2.40. The number of fused-ring (bicyclic) bond motifs is 1. The van der Waals surface area contributed by atoms with Crippen LogP contribution in [0.1, 0.15) is 29.7 Å². The van der Waals surface area contributed by atoms with Gasteiger partial charge in [0.2, 0.25) is 0 Å². The fraction of sp³-hybridized carbons (Fsp3) is 0.138. The second-order valence-electron chi connectivity index (χ2n) is 8.41. The van der Waals surface area contributed by atoms with Crippen LogP contribution in [-0.4, -0.2) is 29.4 Å². The Morgan fingerprint density at radius 1 is 1.13 bits per heavy atom. The summed E-state index contributed by atoms with van der Waals surface area (Å²) in [6.07, 6.45) is 1.57. The predicted octanol–water partition coefficient (Wildman–Crippen LogP) is 4.30. The van der Waals surface area contributed by atoms with Gasteiger partial charge in [0, 0.05) is 16.1 Å². The quantitative estimate of drug-likeness (QED) is 0.364. The first-order valence-electron chi connectivity index (χ1n) is 11.8. The highest BCUT2D eigenvalue weighted by atomic mass is 35.5. The van der Waals surface area contributed by atoms with Gasteiger partial charge >= 0.3 is 5.97 Å². The van der Waals surface area contributed by atoms with Crippen LogP contribution in [0.2, 0.25) is 5.02 Å². The zero-order chi connectivity index (χ0) is 26.8. The third-order valence-electron chi connectivity index (χ3n) is 6.06. The molecule has 1 aliphatic rings. The maximum atomic E-state index is 13.9. The van der Waals surface area contributed by atoms with Crippen molar-refractivity contribution in [3.8, 4) is 11.5 Å². The number of carbonyl (C=O) groups excluding carboxylic acids is 1. The van der Waals surface area contributed by atoms with Gasteiger partial charge in [0.1, 0.15) is 11.5 Å². The maximum absolute atomic E-state index is 13.9. The molecule has 0 radical (unpaired) electrons. The third-order valence-corrected chi connectivity index (χ3v) is 7.28. The van der Waals surface area contributed by atoms with E-state index >= 15 is 0 Å². The van der Waals surface area contributed by atoms with Gasteiger partial charge in [-0.15, -0.1) is 0 Å². The average Bonchev–Trinajstić information content (AvgIpc) is 3.24. The van der Waals surface area contributed by atoms with E-state index in [0.29, 0.717) is 42.5 Å². The number of rotatable bonds is 6. The van der Waals surface area contributed by atoms with Gasteiger partial charge in [0.05, 0.1) is 35.6 Å². The number of methoxy groups -OCH3 is 1. The summed E-state index contributed by atoms with van der Waals surface area (Å²) in [5.41, 5.74) is 2.08. The van der Waals surface area contributed by atoms with Crippen LogP contribution in [0, 0.1) is 0 Å². The van der Waals surface area contributed by atoms with Crippen LogP contribution in [0.15, 0.2) is 88.2 Å².